The van der Waals surface area contributed by atoms with Crippen molar-refractivity contribution in [2.45, 2.75) is 45.6 Å². The number of rotatable bonds is 7. The van der Waals surface area contributed by atoms with Gasteiger partial charge in [-0.2, -0.15) is 0 Å². The van der Waals surface area contributed by atoms with Gasteiger partial charge in [0.1, 0.15) is 0 Å². The van der Waals surface area contributed by atoms with Gasteiger partial charge in [-0.25, -0.2) is 0 Å². The highest BCUT2D eigenvalue weighted by molar-refractivity contribution is 9.09. The van der Waals surface area contributed by atoms with Crippen molar-refractivity contribution in [2.24, 2.45) is 0 Å². The molecule has 1 rings (SSSR count). The Morgan fingerprint density at radius 3 is 2.50 bits per heavy atom. The monoisotopic (exact) mass is 311 g/mol. The van der Waals surface area contributed by atoms with Crippen molar-refractivity contribution in [3.8, 4) is 0 Å². The largest absolute Gasteiger partial charge is 0.349 e. The zero-order chi connectivity index (χ0) is 13.4. The molecule has 100 valence electrons. The summed E-state index contributed by atoms with van der Waals surface area (Å²) in [6, 6.07) is 8.52. The van der Waals surface area contributed by atoms with E-state index in [4.69, 9.17) is 0 Å². The highest BCUT2D eigenvalue weighted by Gasteiger charge is 2.11. The number of carbonyl (C=O) groups excluding carboxylic acids is 1. The molecule has 1 atom stereocenters. The maximum Gasteiger partial charge on any atom is 0.220 e. The van der Waals surface area contributed by atoms with E-state index in [1.807, 2.05) is 0 Å². The summed E-state index contributed by atoms with van der Waals surface area (Å²) >= 11 is 3.38. The lowest BCUT2D eigenvalue weighted by molar-refractivity contribution is -0.122. The van der Waals surface area contributed by atoms with Crippen LogP contribution in [0.25, 0.3) is 0 Å². The second kappa shape index (κ2) is 8.30. The average molecular weight is 312 g/mol. The van der Waals surface area contributed by atoms with Crippen molar-refractivity contribution < 1.29 is 4.79 Å². The maximum atomic E-state index is 11.8. The molecule has 1 aromatic carbocycles. The van der Waals surface area contributed by atoms with Crippen molar-refractivity contribution in [1.29, 1.82) is 0 Å². The second-order valence-corrected chi connectivity index (χ2v) is 5.38. The normalized spacial score (nSPS) is 12.2. The Morgan fingerprint density at radius 2 is 1.94 bits per heavy atom. The van der Waals surface area contributed by atoms with Gasteiger partial charge >= 0.3 is 0 Å². The first-order chi connectivity index (χ1) is 8.67. The van der Waals surface area contributed by atoms with Crippen LogP contribution in [-0.4, -0.2) is 11.2 Å². The summed E-state index contributed by atoms with van der Waals surface area (Å²) in [6.07, 6.45) is 3.54. The second-order valence-electron chi connectivity index (χ2n) is 4.59. The Hall–Kier alpha value is -0.830. The minimum absolute atomic E-state index is 0.141. The van der Waals surface area contributed by atoms with E-state index in [1.165, 1.54) is 11.1 Å². The molecule has 0 radical (unpaired) electrons. The van der Waals surface area contributed by atoms with Crippen LogP contribution in [0.5, 0.6) is 0 Å². The predicted octanol–water partition coefficient (Wildman–Crippen LogP) is 4.13. The lowest BCUT2D eigenvalue weighted by Gasteiger charge is -2.17. The summed E-state index contributed by atoms with van der Waals surface area (Å²) in [7, 11) is 0. The van der Waals surface area contributed by atoms with E-state index in [1.54, 1.807) is 0 Å². The number of carbonyl (C=O) groups is 1. The number of amides is 1. The fourth-order valence-electron chi connectivity index (χ4n) is 1.87. The molecule has 0 heterocycles. The average Bonchev–Trinajstić information content (AvgIpc) is 2.37. The van der Waals surface area contributed by atoms with E-state index in [0.717, 1.165) is 24.6 Å². The van der Waals surface area contributed by atoms with Gasteiger partial charge in [-0.15, -0.1) is 0 Å². The minimum atomic E-state index is 0.141. The Labute approximate surface area is 118 Å². The van der Waals surface area contributed by atoms with Gasteiger partial charge in [0, 0.05) is 11.8 Å². The van der Waals surface area contributed by atoms with Crippen molar-refractivity contribution in [3.05, 3.63) is 35.4 Å². The molecule has 0 aliphatic rings. The molecule has 0 fully saturated rings. The number of nitrogens with one attached hydrogen (secondary N) is 1. The first kappa shape index (κ1) is 15.2. The summed E-state index contributed by atoms with van der Waals surface area (Å²) in [6.45, 7) is 4.17. The van der Waals surface area contributed by atoms with Crippen LogP contribution in [0.15, 0.2) is 24.3 Å². The van der Waals surface area contributed by atoms with Gasteiger partial charge in [0.2, 0.25) is 5.91 Å². The number of hydrogen-bond acceptors (Lipinski definition) is 1. The number of aryl methyl sites for hydroxylation is 1. The lowest BCUT2D eigenvalue weighted by Crippen LogP contribution is -2.27. The van der Waals surface area contributed by atoms with Crippen LogP contribution in [-0.2, 0) is 4.79 Å². The Morgan fingerprint density at radius 1 is 1.28 bits per heavy atom. The van der Waals surface area contributed by atoms with Crippen molar-refractivity contribution >= 4 is 21.8 Å². The summed E-state index contributed by atoms with van der Waals surface area (Å²) in [5.41, 5.74) is 2.44. The van der Waals surface area contributed by atoms with Crippen LogP contribution in [0.2, 0.25) is 0 Å². The van der Waals surface area contributed by atoms with Crippen molar-refractivity contribution in [2.75, 3.05) is 5.33 Å². The van der Waals surface area contributed by atoms with Crippen LogP contribution in [0.3, 0.4) is 0 Å². The molecule has 1 N–H and O–H groups in total. The zero-order valence-corrected chi connectivity index (χ0v) is 12.8. The standard InChI is InChI=1S/C15H22BrNO/c1-3-14(13-9-7-12(2)8-10-13)17-15(18)6-4-5-11-16/h7-10,14H,3-6,11H2,1-2H3,(H,17,18). The number of hydrogen-bond donors (Lipinski definition) is 1. The first-order valence-corrected chi connectivity index (χ1v) is 7.71. The molecule has 1 amide bonds. The number of unbranched alkanes of at least 4 members (excludes halogenated alkanes) is 1. The molecular weight excluding hydrogens is 290 g/mol. The molecule has 0 aliphatic carbocycles. The fraction of sp³-hybridized carbons (Fsp3) is 0.533. The summed E-state index contributed by atoms with van der Waals surface area (Å²) in [4.78, 5) is 11.8. The van der Waals surface area contributed by atoms with Crippen molar-refractivity contribution in [1.82, 2.24) is 5.32 Å². The van der Waals surface area contributed by atoms with Crippen molar-refractivity contribution in [3.63, 3.8) is 0 Å². The van der Waals surface area contributed by atoms with Crippen LogP contribution in [0.1, 0.15) is 49.8 Å². The fourth-order valence-corrected chi connectivity index (χ4v) is 2.26. The Balaban J connectivity index is 2.51. The van der Waals surface area contributed by atoms with Gasteiger partial charge in [-0.05, 0) is 31.7 Å². The lowest BCUT2D eigenvalue weighted by atomic mass is 10.0. The number of alkyl halides is 1. The van der Waals surface area contributed by atoms with E-state index < -0.39 is 0 Å². The number of benzene rings is 1. The smallest absolute Gasteiger partial charge is 0.220 e. The topological polar surface area (TPSA) is 29.1 Å². The van der Waals surface area contributed by atoms with Crippen LogP contribution < -0.4 is 5.32 Å². The summed E-state index contributed by atoms with van der Waals surface area (Å²) < 4.78 is 0. The third-order valence-corrected chi connectivity index (χ3v) is 3.57. The zero-order valence-electron chi connectivity index (χ0n) is 11.2. The van der Waals surface area contributed by atoms with E-state index in [2.05, 4.69) is 59.4 Å². The molecular formula is C15H22BrNO. The van der Waals surface area contributed by atoms with Crippen LogP contribution in [0, 0.1) is 6.92 Å². The summed E-state index contributed by atoms with van der Waals surface area (Å²) in [5.74, 6) is 0.156. The summed E-state index contributed by atoms with van der Waals surface area (Å²) in [5, 5.41) is 4.07. The SMILES string of the molecule is CCC(NC(=O)CCCCBr)c1ccc(C)cc1. The molecule has 0 bridgehead atoms. The Bertz CT molecular complexity index is 361. The van der Waals surface area contributed by atoms with E-state index in [-0.39, 0.29) is 11.9 Å². The maximum absolute atomic E-state index is 11.8. The van der Waals surface area contributed by atoms with Crippen LogP contribution >= 0.6 is 15.9 Å². The van der Waals surface area contributed by atoms with Gasteiger partial charge < -0.3 is 5.32 Å². The molecule has 1 aromatic rings. The van der Waals surface area contributed by atoms with Crippen LogP contribution in [0.4, 0.5) is 0 Å². The molecule has 3 heteroatoms. The van der Waals surface area contributed by atoms with E-state index >= 15 is 0 Å². The molecule has 18 heavy (non-hydrogen) atoms. The van der Waals surface area contributed by atoms with E-state index in [9.17, 15) is 4.79 Å². The Kier molecular flexibility index (Phi) is 7.02. The van der Waals surface area contributed by atoms with Gasteiger partial charge in [-0.3, -0.25) is 4.79 Å². The quantitative estimate of drug-likeness (QED) is 0.595. The molecule has 0 saturated heterocycles. The van der Waals surface area contributed by atoms with Gasteiger partial charge in [0.05, 0.1) is 6.04 Å². The molecule has 2 nitrogen and oxygen atoms in total. The molecule has 0 saturated carbocycles. The third-order valence-electron chi connectivity index (χ3n) is 3.01. The minimum Gasteiger partial charge on any atom is -0.349 e. The number of halogens is 1. The van der Waals surface area contributed by atoms with Gasteiger partial charge in [-0.1, -0.05) is 52.7 Å². The highest BCUT2D eigenvalue weighted by atomic mass is 79.9. The van der Waals surface area contributed by atoms with Gasteiger partial charge in [0.15, 0.2) is 0 Å². The molecule has 0 aliphatic heterocycles. The molecule has 0 spiro atoms. The van der Waals surface area contributed by atoms with E-state index in [0.29, 0.717) is 6.42 Å². The first-order valence-electron chi connectivity index (χ1n) is 6.59. The predicted molar refractivity (Wildman–Crippen MR) is 80.0 cm³/mol. The highest BCUT2D eigenvalue weighted by Crippen LogP contribution is 2.17. The molecule has 1 unspecified atom stereocenters. The third kappa shape index (κ3) is 5.21. The van der Waals surface area contributed by atoms with Gasteiger partial charge in [0.25, 0.3) is 0 Å². The molecule has 0 aromatic heterocycles.